The van der Waals surface area contributed by atoms with Crippen molar-refractivity contribution in [3.8, 4) is 0 Å². The minimum atomic E-state index is 0.525. The molecule has 0 aromatic carbocycles. The molecular formula is C11H23N. The lowest BCUT2D eigenvalue weighted by Crippen LogP contribution is -2.37. The minimum absolute atomic E-state index is 0.525. The Morgan fingerprint density at radius 2 is 1.67 bits per heavy atom. The van der Waals surface area contributed by atoms with E-state index >= 15 is 0 Å². The summed E-state index contributed by atoms with van der Waals surface area (Å²) in [6.07, 6.45) is 5.58. The molecule has 0 N–H and O–H groups in total. The first kappa shape index (κ1) is 10.0. The molecule has 1 aliphatic heterocycles. The summed E-state index contributed by atoms with van der Waals surface area (Å²) in [5.41, 5.74) is 0.525. The molecule has 1 aliphatic rings. The number of hydrogen-bond acceptors (Lipinski definition) is 1. The maximum absolute atomic E-state index is 2.63. The number of piperidine rings is 1. The molecule has 1 heterocycles. The number of rotatable bonds is 3. The molecule has 0 unspecified atom stereocenters. The third kappa shape index (κ3) is 3.14. The highest BCUT2D eigenvalue weighted by Crippen LogP contribution is 2.22. The Bertz CT molecular complexity index is 123. The van der Waals surface area contributed by atoms with Crippen LogP contribution >= 0.6 is 0 Å². The largest absolute Gasteiger partial charge is 0.303 e. The predicted octanol–water partition coefficient (Wildman–Crippen LogP) is 2.91. The maximum Gasteiger partial charge on any atom is 0.00326 e. The lowest BCUT2D eigenvalue weighted by Gasteiger charge is -2.34. The summed E-state index contributed by atoms with van der Waals surface area (Å²) in [5.74, 6) is 0. The summed E-state index contributed by atoms with van der Waals surface area (Å²) >= 11 is 0. The summed E-state index contributed by atoms with van der Waals surface area (Å²) in [4.78, 5) is 2.63. The van der Waals surface area contributed by atoms with Gasteiger partial charge in [-0.2, -0.15) is 0 Å². The van der Waals surface area contributed by atoms with Crippen LogP contribution in [0.25, 0.3) is 0 Å². The molecule has 0 radical (unpaired) electrons. The molecule has 0 spiro atoms. The predicted molar refractivity (Wildman–Crippen MR) is 54.4 cm³/mol. The van der Waals surface area contributed by atoms with Crippen LogP contribution in [-0.2, 0) is 0 Å². The van der Waals surface area contributed by atoms with Gasteiger partial charge >= 0.3 is 0 Å². The van der Waals surface area contributed by atoms with Crippen molar-refractivity contribution < 1.29 is 0 Å². The normalized spacial score (nSPS) is 21.2. The van der Waals surface area contributed by atoms with Gasteiger partial charge in [0, 0.05) is 6.54 Å². The highest BCUT2D eigenvalue weighted by Gasteiger charge is 2.20. The van der Waals surface area contributed by atoms with Crippen LogP contribution < -0.4 is 0 Å². The van der Waals surface area contributed by atoms with Gasteiger partial charge in [0.05, 0.1) is 0 Å². The van der Waals surface area contributed by atoms with Gasteiger partial charge in [0.2, 0.25) is 0 Å². The Morgan fingerprint density at radius 1 is 1.08 bits per heavy atom. The van der Waals surface area contributed by atoms with Gasteiger partial charge in [-0.25, -0.2) is 0 Å². The van der Waals surface area contributed by atoms with Crippen molar-refractivity contribution in [2.45, 2.75) is 46.5 Å². The summed E-state index contributed by atoms with van der Waals surface area (Å²) in [5, 5.41) is 0. The van der Waals surface area contributed by atoms with Gasteiger partial charge in [0.1, 0.15) is 0 Å². The minimum Gasteiger partial charge on any atom is -0.303 e. The Kier molecular flexibility index (Phi) is 3.57. The van der Waals surface area contributed by atoms with E-state index in [1.54, 1.807) is 0 Å². The molecule has 1 heteroatoms. The fraction of sp³-hybridized carbons (Fsp3) is 1.00. The van der Waals surface area contributed by atoms with Crippen molar-refractivity contribution in [2.24, 2.45) is 5.41 Å². The van der Waals surface area contributed by atoms with Crippen LogP contribution in [0.15, 0.2) is 0 Å². The SMILES string of the molecule is CCC(C)(C)CN1CCCCC1. The van der Waals surface area contributed by atoms with Crippen molar-refractivity contribution in [3.05, 3.63) is 0 Å². The second-order valence-electron chi connectivity index (χ2n) is 4.85. The van der Waals surface area contributed by atoms with Crippen LogP contribution in [0.2, 0.25) is 0 Å². The monoisotopic (exact) mass is 169 g/mol. The Morgan fingerprint density at radius 3 is 2.17 bits per heavy atom. The topological polar surface area (TPSA) is 3.24 Å². The van der Waals surface area contributed by atoms with Crippen molar-refractivity contribution >= 4 is 0 Å². The number of likely N-dealkylation sites (tertiary alicyclic amines) is 1. The van der Waals surface area contributed by atoms with Gasteiger partial charge in [-0.15, -0.1) is 0 Å². The highest BCUT2D eigenvalue weighted by molar-refractivity contribution is 4.74. The standard InChI is InChI=1S/C11H23N/c1-4-11(2,3)10-12-8-6-5-7-9-12/h4-10H2,1-3H3. The molecule has 0 amide bonds. The molecule has 0 aliphatic carbocycles. The molecular weight excluding hydrogens is 146 g/mol. The number of nitrogens with zero attached hydrogens (tertiary/aromatic N) is 1. The Hall–Kier alpha value is -0.0400. The zero-order chi connectivity index (χ0) is 9.03. The van der Waals surface area contributed by atoms with E-state index < -0.39 is 0 Å². The molecule has 1 nitrogen and oxygen atoms in total. The molecule has 0 atom stereocenters. The fourth-order valence-corrected chi connectivity index (χ4v) is 1.83. The summed E-state index contributed by atoms with van der Waals surface area (Å²) in [6, 6.07) is 0. The van der Waals surface area contributed by atoms with E-state index in [1.165, 1.54) is 45.3 Å². The lowest BCUT2D eigenvalue weighted by molar-refractivity contribution is 0.149. The van der Waals surface area contributed by atoms with Gasteiger partial charge < -0.3 is 4.90 Å². The summed E-state index contributed by atoms with van der Waals surface area (Å²) in [6.45, 7) is 11.0. The molecule has 1 fully saturated rings. The Balaban J connectivity index is 2.28. The first-order valence-corrected chi connectivity index (χ1v) is 5.36. The van der Waals surface area contributed by atoms with Crippen LogP contribution in [-0.4, -0.2) is 24.5 Å². The molecule has 0 bridgehead atoms. The van der Waals surface area contributed by atoms with E-state index in [-0.39, 0.29) is 0 Å². The fourth-order valence-electron chi connectivity index (χ4n) is 1.83. The third-order valence-electron chi connectivity index (χ3n) is 3.06. The Labute approximate surface area is 77.1 Å². The molecule has 0 saturated carbocycles. The second-order valence-corrected chi connectivity index (χ2v) is 4.85. The van der Waals surface area contributed by atoms with Gasteiger partial charge in [0.15, 0.2) is 0 Å². The smallest absolute Gasteiger partial charge is 0.00326 e. The van der Waals surface area contributed by atoms with E-state index in [1.807, 2.05) is 0 Å². The molecule has 0 aromatic heterocycles. The summed E-state index contributed by atoms with van der Waals surface area (Å²) in [7, 11) is 0. The van der Waals surface area contributed by atoms with Crippen molar-refractivity contribution in [2.75, 3.05) is 19.6 Å². The van der Waals surface area contributed by atoms with E-state index in [2.05, 4.69) is 25.7 Å². The van der Waals surface area contributed by atoms with Crippen LogP contribution in [0.3, 0.4) is 0 Å². The van der Waals surface area contributed by atoms with Crippen LogP contribution in [0, 0.1) is 5.41 Å². The van der Waals surface area contributed by atoms with Gasteiger partial charge in [-0.05, 0) is 37.8 Å². The average Bonchev–Trinajstić information content (AvgIpc) is 2.06. The van der Waals surface area contributed by atoms with E-state index in [0.29, 0.717) is 5.41 Å². The average molecular weight is 169 g/mol. The first-order valence-electron chi connectivity index (χ1n) is 5.36. The lowest BCUT2D eigenvalue weighted by atomic mass is 9.89. The highest BCUT2D eigenvalue weighted by atomic mass is 15.1. The van der Waals surface area contributed by atoms with Crippen molar-refractivity contribution in [3.63, 3.8) is 0 Å². The molecule has 72 valence electrons. The van der Waals surface area contributed by atoms with E-state index in [4.69, 9.17) is 0 Å². The second kappa shape index (κ2) is 4.27. The molecule has 0 aromatic rings. The van der Waals surface area contributed by atoms with Crippen LogP contribution in [0.1, 0.15) is 46.5 Å². The van der Waals surface area contributed by atoms with Crippen LogP contribution in [0.5, 0.6) is 0 Å². The van der Waals surface area contributed by atoms with E-state index in [0.717, 1.165) is 0 Å². The van der Waals surface area contributed by atoms with Gasteiger partial charge in [-0.3, -0.25) is 0 Å². The molecule has 1 saturated heterocycles. The summed E-state index contributed by atoms with van der Waals surface area (Å²) < 4.78 is 0. The zero-order valence-corrected chi connectivity index (χ0v) is 8.90. The molecule has 12 heavy (non-hydrogen) atoms. The molecule has 1 rings (SSSR count). The zero-order valence-electron chi connectivity index (χ0n) is 8.90. The van der Waals surface area contributed by atoms with Crippen LogP contribution in [0.4, 0.5) is 0 Å². The quantitative estimate of drug-likeness (QED) is 0.628. The maximum atomic E-state index is 2.63. The van der Waals surface area contributed by atoms with Crippen molar-refractivity contribution in [1.29, 1.82) is 0 Å². The van der Waals surface area contributed by atoms with Crippen molar-refractivity contribution in [1.82, 2.24) is 4.90 Å². The third-order valence-corrected chi connectivity index (χ3v) is 3.06. The van der Waals surface area contributed by atoms with Gasteiger partial charge in [0.25, 0.3) is 0 Å². The first-order chi connectivity index (χ1) is 5.64. The number of hydrogen-bond donors (Lipinski definition) is 0. The van der Waals surface area contributed by atoms with E-state index in [9.17, 15) is 0 Å². The van der Waals surface area contributed by atoms with Gasteiger partial charge in [-0.1, -0.05) is 27.2 Å².